The monoisotopic (exact) mass is 354 g/mol. The standard InChI is InChI=1S/C19H22F4N2/c1-3-18-8-14-12(10-25-24)5-4-6-13(14)17(18)15(19(21,22)23)7-11(2)16(20)9-18/h4-6,10-11,16H,3,7-9,24H2,1-2H3/b25-10-/t11?,16-,18-/m0/s1. The Bertz CT molecular complexity index is 735. The quantitative estimate of drug-likeness (QED) is 0.345. The van der Waals surface area contributed by atoms with Gasteiger partial charge in [-0.15, -0.1) is 0 Å². The van der Waals surface area contributed by atoms with Gasteiger partial charge < -0.3 is 5.84 Å². The van der Waals surface area contributed by atoms with Crippen LogP contribution in [0.5, 0.6) is 0 Å². The Morgan fingerprint density at radius 1 is 1.36 bits per heavy atom. The Morgan fingerprint density at radius 2 is 2.08 bits per heavy atom. The van der Waals surface area contributed by atoms with E-state index in [4.69, 9.17) is 5.84 Å². The highest BCUT2D eigenvalue weighted by Gasteiger charge is 2.51. The molecule has 0 amide bonds. The molecule has 136 valence electrons. The molecule has 0 saturated heterocycles. The van der Waals surface area contributed by atoms with Crippen molar-refractivity contribution in [3.8, 4) is 0 Å². The van der Waals surface area contributed by atoms with E-state index in [-0.39, 0.29) is 18.4 Å². The van der Waals surface area contributed by atoms with E-state index in [1.165, 1.54) is 6.21 Å². The predicted molar refractivity (Wildman–Crippen MR) is 90.9 cm³/mol. The summed E-state index contributed by atoms with van der Waals surface area (Å²) >= 11 is 0. The molecule has 2 nitrogen and oxygen atoms in total. The first-order valence-corrected chi connectivity index (χ1v) is 8.54. The van der Waals surface area contributed by atoms with Gasteiger partial charge in [0.25, 0.3) is 0 Å². The van der Waals surface area contributed by atoms with E-state index in [2.05, 4.69) is 5.10 Å². The smallest absolute Gasteiger partial charge is 0.323 e. The molecule has 0 aromatic heterocycles. The highest BCUT2D eigenvalue weighted by molar-refractivity contribution is 5.89. The molecule has 25 heavy (non-hydrogen) atoms. The van der Waals surface area contributed by atoms with Crippen LogP contribution in [0, 0.1) is 11.3 Å². The van der Waals surface area contributed by atoms with Gasteiger partial charge in [-0.3, -0.25) is 0 Å². The zero-order valence-electron chi connectivity index (χ0n) is 14.3. The summed E-state index contributed by atoms with van der Waals surface area (Å²) in [7, 11) is 0. The van der Waals surface area contributed by atoms with Crippen LogP contribution in [0.15, 0.2) is 28.9 Å². The van der Waals surface area contributed by atoms with Crippen LogP contribution < -0.4 is 5.84 Å². The molecule has 2 aliphatic carbocycles. The second kappa shape index (κ2) is 6.15. The molecule has 2 aliphatic rings. The number of fused-ring (bicyclic) bond motifs is 3. The molecule has 1 unspecified atom stereocenters. The van der Waals surface area contributed by atoms with Gasteiger partial charge in [0.2, 0.25) is 0 Å². The second-order valence-electron chi connectivity index (χ2n) is 7.22. The molecule has 0 fully saturated rings. The highest BCUT2D eigenvalue weighted by Crippen LogP contribution is 2.59. The van der Waals surface area contributed by atoms with Crippen molar-refractivity contribution in [1.82, 2.24) is 0 Å². The fraction of sp³-hybridized carbons (Fsp3) is 0.526. The summed E-state index contributed by atoms with van der Waals surface area (Å²) in [5.74, 6) is 4.60. The predicted octanol–water partition coefficient (Wildman–Crippen LogP) is 5.02. The van der Waals surface area contributed by atoms with Crippen LogP contribution in [-0.4, -0.2) is 18.6 Å². The third kappa shape index (κ3) is 2.85. The lowest BCUT2D eigenvalue weighted by atomic mass is 9.73. The number of nitrogens with zero attached hydrogens (tertiary/aromatic N) is 1. The van der Waals surface area contributed by atoms with Crippen molar-refractivity contribution in [3.05, 3.63) is 40.5 Å². The molecule has 0 saturated carbocycles. The summed E-state index contributed by atoms with van der Waals surface area (Å²) in [6.07, 6.45) is -3.57. The van der Waals surface area contributed by atoms with Gasteiger partial charge in [0.15, 0.2) is 0 Å². The number of allylic oxidation sites excluding steroid dienone is 2. The maximum atomic E-state index is 14.7. The van der Waals surface area contributed by atoms with Gasteiger partial charge in [0.1, 0.15) is 6.17 Å². The first-order chi connectivity index (χ1) is 11.7. The molecule has 0 aliphatic heterocycles. The van der Waals surface area contributed by atoms with Crippen molar-refractivity contribution in [3.63, 3.8) is 0 Å². The normalized spacial score (nSPS) is 29.7. The van der Waals surface area contributed by atoms with E-state index in [1.54, 1.807) is 25.1 Å². The number of rotatable bonds is 2. The van der Waals surface area contributed by atoms with Gasteiger partial charge >= 0.3 is 6.18 Å². The maximum absolute atomic E-state index is 14.7. The van der Waals surface area contributed by atoms with Crippen LogP contribution in [0.25, 0.3) is 5.57 Å². The summed E-state index contributed by atoms with van der Waals surface area (Å²) in [4.78, 5) is 0. The van der Waals surface area contributed by atoms with Crippen molar-refractivity contribution < 1.29 is 17.6 Å². The van der Waals surface area contributed by atoms with E-state index in [1.807, 2.05) is 6.92 Å². The first kappa shape index (κ1) is 18.0. The molecule has 3 atom stereocenters. The Morgan fingerprint density at radius 3 is 2.68 bits per heavy atom. The van der Waals surface area contributed by atoms with Gasteiger partial charge in [0.05, 0.1) is 6.21 Å². The third-order valence-corrected chi connectivity index (χ3v) is 5.79. The topological polar surface area (TPSA) is 38.4 Å². The van der Waals surface area contributed by atoms with Gasteiger partial charge in [-0.25, -0.2) is 4.39 Å². The molecular formula is C19H22F4N2. The zero-order valence-corrected chi connectivity index (χ0v) is 14.3. The molecule has 1 aromatic carbocycles. The van der Waals surface area contributed by atoms with Gasteiger partial charge in [-0.2, -0.15) is 18.3 Å². The van der Waals surface area contributed by atoms with E-state index < -0.39 is 29.3 Å². The number of nitrogens with two attached hydrogens (primary N) is 1. The first-order valence-electron chi connectivity index (χ1n) is 8.54. The summed E-state index contributed by atoms with van der Waals surface area (Å²) < 4.78 is 56.3. The molecule has 3 rings (SSSR count). The maximum Gasteiger partial charge on any atom is 0.413 e. The second-order valence-corrected chi connectivity index (χ2v) is 7.22. The Kier molecular flexibility index (Phi) is 4.41. The number of alkyl halides is 4. The van der Waals surface area contributed by atoms with E-state index in [9.17, 15) is 17.6 Å². The van der Waals surface area contributed by atoms with E-state index in [0.717, 1.165) is 5.56 Å². The number of halogens is 4. The lowest BCUT2D eigenvalue weighted by Gasteiger charge is -2.31. The van der Waals surface area contributed by atoms with Gasteiger partial charge in [-0.05, 0) is 53.9 Å². The van der Waals surface area contributed by atoms with Crippen LogP contribution in [0.1, 0.15) is 49.8 Å². The van der Waals surface area contributed by atoms with Crippen LogP contribution in [0.2, 0.25) is 0 Å². The summed E-state index contributed by atoms with van der Waals surface area (Å²) in [5, 5.41) is 3.53. The molecule has 2 N–H and O–H groups in total. The minimum Gasteiger partial charge on any atom is -0.323 e. The van der Waals surface area contributed by atoms with Crippen molar-refractivity contribution in [2.24, 2.45) is 22.3 Å². The molecular weight excluding hydrogens is 332 g/mol. The average molecular weight is 354 g/mol. The van der Waals surface area contributed by atoms with Crippen LogP contribution >= 0.6 is 0 Å². The highest BCUT2D eigenvalue weighted by atomic mass is 19.4. The van der Waals surface area contributed by atoms with Crippen molar-refractivity contribution in [1.29, 1.82) is 0 Å². The summed E-state index contributed by atoms with van der Waals surface area (Å²) in [5.41, 5.74) is 0.971. The SMILES string of the molecule is CC[C@@]12Cc3c(/C=N\N)cccc3C1=C(C(F)(F)F)CC(C)[C@@H](F)C2. The lowest BCUT2D eigenvalue weighted by molar-refractivity contribution is -0.0950. The lowest BCUT2D eigenvalue weighted by Crippen LogP contribution is -2.26. The van der Waals surface area contributed by atoms with Crippen LogP contribution in [0.4, 0.5) is 17.6 Å². The molecule has 0 radical (unpaired) electrons. The molecule has 0 spiro atoms. The molecule has 0 heterocycles. The molecule has 6 heteroatoms. The zero-order chi connectivity index (χ0) is 18.4. The Labute approximate surface area is 144 Å². The van der Waals surface area contributed by atoms with Crippen LogP contribution in [0.3, 0.4) is 0 Å². The van der Waals surface area contributed by atoms with E-state index in [0.29, 0.717) is 24.0 Å². The summed E-state index contributed by atoms with van der Waals surface area (Å²) in [6.45, 7) is 3.42. The average Bonchev–Trinajstić information content (AvgIpc) is 2.81. The Hall–Kier alpha value is -1.85. The fourth-order valence-corrected chi connectivity index (χ4v) is 4.44. The largest absolute Gasteiger partial charge is 0.413 e. The van der Waals surface area contributed by atoms with Gasteiger partial charge in [-0.1, -0.05) is 32.0 Å². The minimum atomic E-state index is -4.46. The minimum absolute atomic E-state index is 0.119. The van der Waals surface area contributed by atoms with Crippen molar-refractivity contribution >= 4 is 11.8 Å². The number of hydrazone groups is 1. The van der Waals surface area contributed by atoms with Crippen LogP contribution in [-0.2, 0) is 6.42 Å². The van der Waals surface area contributed by atoms with E-state index >= 15 is 0 Å². The number of hydrogen-bond acceptors (Lipinski definition) is 2. The third-order valence-electron chi connectivity index (χ3n) is 5.79. The van der Waals surface area contributed by atoms with Gasteiger partial charge in [0, 0.05) is 11.0 Å². The van der Waals surface area contributed by atoms with Crippen molar-refractivity contribution in [2.75, 3.05) is 0 Å². The van der Waals surface area contributed by atoms with Crippen molar-refractivity contribution in [2.45, 2.75) is 51.9 Å². The molecule has 1 aromatic rings. The number of benzene rings is 1. The number of hydrogen-bond donors (Lipinski definition) is 1. The fourth-order valence-electron chi connectivity index (χ4n) is 4.44. The molecule has 0 bridgehead atoms. The Balaban J connectivity index is 2.33. The summed E-state index contributed by atoms with van der Waals surface area (Å²) in [6, 6.07) is 5.21.